The molecule has 1 aromatic carbocycles. The molecular weight excluding hydrogens is 276 g/mol. The Morgan fingerprint density at radius 1 is 1.40 bits per heavy atom. The minimum atomic E-state index is -0.290. The number of halogens is 1. The fraction of sp³-hybridized carbons (Fsp3) is 0.267. The summed E-state index contributed by atoms with van der Waals surface area (Å²) >= 11 is 6.01. The third-order valence-corrected chi connectivity index (χ3v) is 3.83. The molecular formula is C15H15ClN2O2. The maximum absolute atomic E-state index is 12.2. The highest BCUT2D eigenvalue weighted by molar-refractivity contribution is 6.30. The standard InChI is InChI=1S/C15H15ClN2O2/c16-12-3-1-2-11(7-12)15(4-5-15)18-14(19)10-6-13(8-17)20-9-10/h1-3,6-7,9H,4-5,8,17H2,(H,18,19). The van der Waals surface area contributed by atoms with Gasteiger partial charge in [0.2, 0.25) is 0 Å². The predicted molar refractivity (Wildman–Crippen MR) is 76.4 cm³/mol. The molecule has 1 aromatic heterocycles. The predicted octanol–water partition coefficient (Wildman–Crippen LogP) is 2.81. The van der Waals surface area contributed by atoms with Crippen LogP contribution in [0.15, 0.2) is 41.0 Å². The highest BCUT2D eigenvalue weighted by Gasteiger charge is 2.45. The lowest BCUT2D eigenvalue weighted by Crippen LogP contribution is -2.34. The molecule has 2 aromatic rings. The SMILES string of the molecule is NCc1cc(C(=O)NC2(c3cccc(Cl)c3)CC2)co1. The van der Waals surface area contributed by atoms with E-state index in [1.54, 1.807) is 6.07 Å². The summed E-state index contributed by atoms with van der Waals surface area (Å²) in [5, 5.41) is 3.74. The van der Waals surface area contributed by atoms with Gasteiger partial charge >= 0.3 is 0 Å². The summed E-state index contributed by atoms with van der Waals surface area (Å²) in [6.07, 6.45) is 3.27. The second-order valence-electron chi connectivity index (χ2n) is 5.05. The first-order valence-corrected chi connectivity index (χ1v) is 6.87. The van der Waals surface area contributed by atoms with Gasteiger partial charge in [0.05, 0.1) is 17.6 Å². The van der Waals surface area contributed by atoms with Gasteiger partial charge in [-0.25, -0.2) is 0 Å². The van der Waals surface area contributed by atoms with Gasteiger partial charge < -0.3 is 15.5 Å². The van der Waals surface area contributed by atoms with Crippen molar-refractivity contribution < 1.29 is 9.21 Å². The maximum Gasteiger partial charge on any atom is 0.255 e. The van der Waals surface area contributed by atoms with Gasteiger partial charge in [-0.05, 0) is 36.6 Å². The van der Waals surface area contributed by atoms with E-state index in [9.17, 15) is 4.79 Å². The molecule has 1 amide bonds. The van der Waals surface area contributed by atoms with Gasteiger partial charge in [0.1, 0.15) is 12.0 Å². The monoisotopic (exact) mass is 290 g/mol. The van der Waals surface area contributed by atoms with E-state index in [-0.39, 0.29) is 18.0 Å². The third kappa shape index (κ3) is 2.44. The zero-order chi connectivity index (χ0) is 14.2. The number of amides is 1. The van der Waals surface area contributed by atoms with Crippen LogP contribution in [0.5, 0.6) is 0 Å². The lowest BCUT2D eigenvalue weighted by atomic mass is 10.0. The second-order valence-corrected chi connectivity index (χ2v) is 5.49. The highest BCUT2D eigenvalue weighted by Crippen LogP contribution is 2.46. The Labute approximate surface area is 121 Å². The summed E-state index contributed by atoms with van der Waals surface area (Å²) in [6.45, 7) is 0.284. The quantitative estimate of drug-likeness (QED) is 0.910. The molecule has 20 heavy (non-hydrogen) atoms. The zero-order valence-electron chi connectivity index (χ0n) is 10.9. The van der Waals surface area contributed by atoms with Crippen molar-refractivity contribution in [3.63, 3.8) is 0 Å². The van der Waals surface area contributed by atoms with E-state index in [0.29, 0.717) is 16.3 Å². The second kappa shape index (κ2) is 4.96. The van der Waals surface area contributed by atoms with Gasteiger partial charge in [0.25, 0.3) is 5.91 Å². The maximum atomic E-state index is 12.2. The number of hydrogen-bond acceptors (Lipinski definition) is 3. The minimum absolute atomic E-state index is 0.147. The number of nitrogens with one attached hydrogen (secondary N) is 1. The normalized spacial score (nSPS) is 15.9. The Bertz CT molecular complexity index is 647. The molecule has 0 unspecified atom stereocenters. The molecule has 0 aliphatic heterocycles. The topological polar surface area (TPSA) is 68.3 Å². The molecule has 3 N–H and O–H groups in total. The van der Waals surface area contributed by atoms with Crippen LogP contribution in [0.4, 0.5) is 0 Å². The molecule has 3 rings (SSSR count). The number of carbonyl (C=O) groups is 1. The third-order valence-electron chi connectivity index (χ3n) is 3.60. The average Bonchev–Trinajstić information content (AvgIpc) is 3.06. The van der Waals surface area contributed by atoms with E-state index in [1.165, 1.54) is 6.26 Å². The van der Waals surface area contributed by atoms with Crippen LogP contribution in [0.1, 0.15) is 34.5 Å². The molecule has 0 atom stereocenters. The number of rotatable bonds is 4. The van der Waals surface area contributed by atoms with E-state index in [4.69, 9.17) is 21.8 Å². The Balaban J connectivity index is 1.78. The largest absolute Gasteiger partial charge is 0.467 e. The molecule has 1 saturated carbocycles. The Morgan fingerprint density at radius 3 is 2.80 bits per heavy atom. The van der Waals surface area contributed by atoms with Crippen molar-refractivity contribution in [2.24, 2.45) is 5.73 Å². The van der Waals surface area contributed by atoms with E-state index in [2.05, 4.69) is 5.32 Å². The molecule has 1 aliphatic carbocycles. The van der Waals surface area contributed by atoms with Crippen LogP contribution in [-0.4, -0.2) is 5.91 Å². The van der Waals surface area contributed by atoms with Crippen LogP contribution in [0.3, 0.4) is 0 Å². The van der Waals surface area contributed by atoms with Crippen molar-refractivity contribution in [2.75, 3.05) is 0 Å². The summed E-state index contributed by atoms with van der Waals surface area (Å²) in [7, 11) is 0. The van der Waals surface area contributed by atoms with E-state index >= 15 is 0 Å². The van der Waals surface area contributed by atoms with E-state index < -0.39 is 0 Å². The smallest absolute Gasteiger partial charge is 0.255 e. The Morgan fingerprint density at radius 2 is 2.20 bits per heavy atom. The van der Waals surface area contributed by atoms with Crippen molar-refractivity contribution >= 4 is 17.5 Å². The van der Waals surface area contributed by atoms with Crippen LogP contribution in [0, 0.1) is 0 Å². The summed E-state index contributed by atoms with van der Waals surface area (Å²) in [5.41, 5.74) is 6.72. The highest BCUT2D eigenvalue weighted by atomic mass is 35.5. The van der Waals surface area contributed by atoms with E-state index in [1.807, 2.05) is 24.3 Å². The van der Waals surface area contributed by atoms with Gasteiger partial charge in [0, 0.05) is 5.02 Å². The summed E-state index contributed by atoms with van der Waals surface area (Å²) < 4.78 is 5.19. The van der Waals surface area contributed by atoms with Crippen LogP contribution < -0.4 is 11.1 Å². The van der Waals surface area contributed by atoms with Crippen LogP contribution in [-0.2, 0) is 12.1 Å². The molecule has 1 heterocycles. The van der Waals surface area contributed by atoms with Crippen molar-refractivity contribution in [3.05, 3.63) is 58.5 Å². The summed E-state index contributed by atoms with van der Waals surface area (Å²) in [6, 6.07) is 9.28. The number of nitrogens with two attached hydrogens (primary N) is 1. The van der Waals surface area contributed by atoms with Crippen LogP contribution in [0.25, 0.3) is 0 Å². The van der Waals surface area contributed by atoms with Crippen LogP contribution >= 0.6 is 11.6 Å². The van der Waals surface area contributed by atoms with Crippen molar-refractivity contribution in [1.29, 1.82) is 0 Å². The zero-order valence-corrected chi connectivity index (χ0v) is 11.6. The van der Waals surface area contributed by atoms with Crippen LogP contribution in [0.2, 0.25) is 5.02 Å². The Hall–Kier alpha value is -1.78. The molecule has 0 spiro atoms. The van der Waals surface area contributed by atoms with Gasteiger partial charge in [-0.15, -0.1) is 0 Å². The van der Waals surface area contributed by atoms with Gasteiger partial charge in [-0.2, -0.15) is 0 Å². The first-order chi connectivity index (χ1) is 9.63. The summed E-state index contributed by atoms with van der Waals surface area (Å²) in [4.78, 5) is 12.2. The first-order valence-electron chi connectivity index (χ1n) is 6.49. The fourth-order valence-corrected chi connectivity index (χ4v) is 2.48. The molecule has 1 fully saturated rings. The molecule has 1 aliphatic rings. The van der Waals surface area contributed by atoms with Gasteiger partial charge in [-0.1, -0.05) is 23.7 Å². The summed E-state index contributed by atoms with van der Waals surface area (Å²) in [5.74, 6) is 0.452. The molecule has 0 bridgehead atoms. The molecule has 104 valence electrons. The number of benzene rings is 1. The molecule has 4 nitrogen and oxygen atoms in total. The number of hydrogen-bond donors (Lipinski definition) is 2. The average molecular weight is 291 g/mol. The van der Waals surface area contributed by atoms with Gasteiger partial charge in [0.15, 0.2) is 0 Å². The molecule has 0 saturated heterocycles. The van der Waals surface area contributed by atoms with E-state index in [0.717, 1.165) is 18.4 Å². The molecule has 0 radical (unpaired) electrons. The van der Waals surface area contributed by atoms with Crippen molar-refractivity contribution in [1.82, 2.24) is 5.32 Å². The number of furan rings is 1. The number of carbonyl (C=O) groups excluding carboxylic acids is 1. The Kier molecular flexibility index (Phi) is 3.28. The lowest BCUT2D eigenvalue weighted by molar-refractivity contribution is 0.0930. The lowest BCUT2D eigenvalue weighted by Gasteiger charge is -2.17. The van der Waals surface area contributed by atoms with Crippen molar-refractivity contribution in [2.45, 2.75) is 24.9 Å². The first kappa shape index (κ1) is 13.2. The molecule has 5 heteroatoms. The fourth-order valence-electron chi connectivity index (χ4n) is 2.29. The van der Waals surface area contributed by atoms with Gasteiger partial charge in [-0.3, -0.25) is 4.79 Å². The van der Waals surface area contributed by atoms with Crippen molar-refractivity contribution in [3.8, 4) is 0 Å². The minimum Gasteiger partial charge on any atom is -0.467 e.